The Morgan fingerprint density at radius 3 is 2.54 bits per heavy atom. The Labute approximate surface area is 175 Å². The first-order valence-electron chi connectivity index (χ1n) is 8.65. The number of hydrogen-bond donors (Lipinski definition) is 0. The van der Waals surface area contributed by atoms with Crippen LogP contribution in [0.1, 0.15) is 39.0 Å². The summed E-state index contributed by atoms with van der Waals surface area (Å²) < 4.78 is 0. The van der Waals surface area contributed by atoms with Crippen LogP contribution in [0.15, 0.2) is 23.2 Å². The van der Waals surface area contributed by atoms with Gasteiger partial charge in [-0.25, -0.2) is 0 Å². The number of rotatable bonds is 3. The van der Waals surface area contributed by atoms with Crippen LogP contribution in [-0.2, 0) is 4.79 Å². The summed E-state index contributed by atoms with van der Waals surface area (Å²) in [4.78, 5) is 21.2. The van der Waals surface area contributed by atoms with E-state index < -0.39 is 0 Å². The quantitative estimate of drug-likeness (QED) is 0.631. The second-order valence-corrected chi connectivity index (χ2v) is 8.40. The zero-order chi connectivity index (χ0) is 18.0. The molecule has 0 bridgehead atoms. The summed E-state index contributed by atoms with van der Waals surface area (Å²) in [7, 11) is 2.01. The first kappa shape index (κ1) is 21.7. The maximum absolute atomic E-state index is 12.3. The van der Waals surface area contributed by atoms with Crippen molar-refractivity contribution < 1.29 is 4.79 Å². The van der Waals surface area contributed by atoms with Gasteiger partial charge >= 0.3 is 0 Å². The number of benzene rings is 1. The fourth-order valence-electron chi connectivity index (χ4n) is 3.43. The summed E-state index contributed by atoms with van der Waals surface area (Å²) in [6.07, 6.45) is 6.13. The highest BCUT2D eigenvalue weighted by Gasteiger charge is 2.35. The van der Waals surface area contributed by atoms with E-state index in [0.29, 0.717) is 16.1 Å². The molecule has 1 amide bonds. The van der Waals surface area contributed by atoms with Crippen molar-refractivity contribution in [2.75, 3.05) is 17.7 Å². The number of carbonyl (C=O) groups excluding carboxylic acids is 1. The van der Waals surface area contributed by atoms with E-state index in [2.05, 4.69) is 4.90 Å². The molecule has 1 aromatic rings. The van der Waals surface area contributed by atoms with Gasteiger partial charge in [0.25, 0.3) is 0 Å². The van der Waals surface area contributed by atoms with Crippen LogP contribution in [0.25, 0.3) is 0 Å². The second-order valence-electron chi connectivity index (χ2n) is 6.59. The van der Waals surface area contributed by atoms with Crippen molar-refractivity contribution >= 4 is 64.1 Å². The molecule has 1 saturated heterocycles. The number of amidine groups is 1. The average Bonchev–Trinajstić information content (AvgIpc) is 2.93. The SMILES string of the molecule is CC(=O)N(c1ccc(Cl)c(Cl)c1)C1CSC(=NC2CCCCC2)N1C.Cl. The van der Waals surface area contributed by atoms with Gasteiger partial charge in [0, 0.05) is 25.4 Å². The van der Waals surface area contributed by atoms with Gasteiger partial charge in [0.05, 0.1) is 16.1 Å². The Bertz CT molecular complexity index is 680. The zero-order valence-corrected chi connectivity index (χ0v) is 18.1. The Balaban J connectivity index is 0.00000243. The van der Waals surface area contributed by atoms with Gasteiger partial charge < -0.3 is 4.90 Å². The third kappa shape index (κ3) is 4.80. The summed E-state index contributed by atoms with van der Waals surface area (Å²) in [5.74, 6) is 0.775. The Kier molecular flexibility index (Phi) is 7.95. The number of anilines is 1. The molecule has 1 unspecified atom stereocenters. The molecule has 1 atom stereocenters. The molecule has 1 aliphatic heterocycles. The van der Waals surface area contributed by atoms with Gasteiger partial charge in [-0.2, -0.15) is 0 Å². The van der Waals surface area contributed by atoms with Crippen molar-refractivity contribution in [3.8, 4) is 0 Å². The lowest BCUT2D eigenvalue weighted by Gasteiger charge is -2.33. The highest BCUT2D eigenvalue weighted by atomic mass is 35.5. The van der Waals surface area contributed by atoms with Gasteiger partial charge in [-0.1, -0.05) is 54.2 Å². The Morgan fingerprint density at radius 2 is 1.92 bits per heavy atom. The maximum atomic E-state index is 12.3. The lowest BCUT2D eigenvalue weighted by Crippen LogP contribution is -2.48. The lowest BCUT2D eigenvalue weighted by atomic mass is 9.96. The van der Waals surface area contributed by atoms with Crippen molar-refractivity contribution in [1.82, 2.24) is 4.90 Å². The molecule has 0 radical (unpaired) electrons. The minimum atomic E-state index is -0.0675. The lowest BCUT2D eigenvalue weighted by molar-refractivity contribution is -0.117. The number of nitrogens with zero attached hydrogens (tertiary/aromatic N) is 3. The minimum Gasteiger partial charge on any atom is -0.333 e. The van der Waals surface area contributed by atoms with Crippen LogP contribution in [0.2, 0.25) is 10.0 Å². The largest absolute Gasteiger partial charge is 0.333 e. The Hall–Kier alpha value is -0.620. The van der Waals surface area contributed by atoms with Gasteiger partial charge in [-0.3, -0.25) is 14.7 Å². The smallest absolute Gasteiger partial charge is 0.225 e. The molecule has 144 valence electrons. The maximum Gasteiger partial charge on any atom is 0.225 e. The summed E-state index contributed by atoms with van der Waals surface area (Å²) in [5, 5.41) is 1.97. The fourth-order valence-corrected chi connectivity index (χ4v) is 4.94. The molecule has 2 fully saturated rings. The van der Waals surface area contributed by atoms with E-state index in [1.807, 2.05) is 13.1 Å². The minimum absolute atomic E-state index is 0. The van der Waals surface area contributed by atoms with E-state index in [1.54, 1.807) is 35.7 Å². The summed E-state index contributed by atoms with van der Waals surface area (Å²) >= 11 is 13.9. The van der Waals surface area contributed by atoms with Crippen LogP contribution in [0.5, 0.6) is 0 Å². The van der Waals surface area contributed by atoms with E-state index in [4.69, 9.17) is 28.2 Å². The van der Waals surface area contributed by atoms with Crippen molar-refractivity contribution in [3.05, 3.63) is 28.2 Å². The van der Waals surface area contributed by atoms with E-state index in [0.717, 1.165) is 16.6 Å². The number of amides is 1. The van der Waals surface area contributed by atoms with Gasteiger partial charge in [0.15, 0.2) is 5.17 Å². The monoisotopic (exact) mass is 435 g/mol. The molecule has 1 aromatic carbocycles. The summed E-state index contributed by atoms with van der Waals surface area (Å²) in [5.41, 5.74) is 0.762. The second kappa shape index (κ2) is 9.54. The molecule has 3 rings (SSSR count). The van der Waals surface area contributed by atoms with Crippen LogP contribution in [0.4, 0.5) is 5.69 Å². The van der Waals surface area contributed by atoms with Crippen LogP contribution in [0, 0.1) is 0 Å². The predicted molar refractivity (Wildman–Crippen MR) is 115 cm³/mol. The molecule has 0 N–H and O–H groups in total. The normalized spacial score (nSPS) is 22.4. The molecular formula is C18H24Cl3N3OS. The molecule has 4 nitrogen and oxygen atoms in total. The zero-order valence-electron chi connectivity index (χ0n) is 15.0. The number of thioether (sulfide) groups is 1. The topological polar surface area (TPSA) is 35.9 Å². The summed E-state index contributed by atoms with van der Waals surface area (Å²) in [6.45, 7) is 1.58. The standard InChI is InChI=1S/C18H23Cl2N3OS.ClH/c1-12(24)23(14-8-9-15(19)16(20)10-14)17-11-25-18(22(17)2)21-13-6-4-3-5-7-13;/h8-10,13,17H,3-7,11H2,1-2H3;1H. The van der Waals surface area contributed by atoms with Gasteiger partial charge in [-0.15, -0.1) is 12.4 Å². The number of hydrogen-bond acceptors (Lipinski definition) is 3. The molecule has 0 aromatic heterocycles. The highest BCUT2D eigenvalue weighted by molar-refractivity contribution is 8.14. The molecule has 0 spiro atoms. The Morgan fingerprint density at radius 1 is 1.23 bits per heavy atom. The third-order valence-corrected chi connectivity index (χ3v) is 6.65. The van der Waals surface area contributed by atoms with Crippen molar-refractivity contribution in [1.29, 1.82) is 0 Å². The van der Waals surface area contributed by atoms with Crippen molar-refractivity contribution in [2.24, 2.45) is 4.99 Å². The van der Waals surface area contributed by atoms with Crippen LogP contribution in [0.3, 0.4) is 0 Å². The third-order valence-electron chi connectivity index (χ3n) is 4.80. The van der Waals surface area contributed by atoms with Crippen LogP contribution in [-0.4, -0.2) is 41.0 Å². The number of halogens is 3. The molecule has 8 heteroatoms. The average molecular weight is 437 g/mol. The van der Waals surface area contributed by atoms with E-state index >= 15 is 0 Å². The first-order chi connectivity index (χ1) is 12.0. The van der Waals surface area contributed by atoms with Crippen LogP contribution >= 0.6 is 47.4 Å². The summed E-state index contributed by atoms with van der Waals surface area (Å²) in [6, 6.07) is 5.74. The first-order valence-corrected chi connectivity index (χ1v) is 10.4. The number of aliphatic imine (C=N–C) groups is 1. The van der Waals surface area contributed by atoms with E-state index in [-0.39, 0.29) is 24.5 Å². The number of carbonyl (C=O) groups is 1. The van der Waals surface area contributed by atoms with Gasteiger partial charge in [0.2, 0.25) is 5.91 Å². The molecular weight excluding hydrogens is 413 g/mol. The van der Waals surface area contributed by atoms with Crippen molar-refractivity contribution in [3.63, 3.8) is 0 Å². The van der Waals surface area contributed by atoms with Crippen molar-refractivity contribution in [2.45, 2.75) is 51.2 Å². The molecule has 1 aliphatic carbocycles. The van der Waals surface area contributed by atoms with Gasteiger partial charge in [-0.05, 0) is 31.0 Å². The molecule has 2 aliphatic rings. The predicted octanol–water partition coefficient (Wildman–Crippen LogP) is 5.46. The van der Waals surface area contributed by atoms with E-state index in [1.165, 1.54) is 32.1 Å². The fraction of sp³-hybridized carbons (Fsp3) is 0.556. The van der Waals surface area contributed by atoms with Crippen LogP contribution < -0.4 is 4.90 Å². The molecule has 1 heterocycles. The highest BCUT2D eigenvalue weighted by Crippen LogP contribution is 2.33. The molecule has 26 heavy (non-hydrogen) atoms. The molecule has 1 saturated carbocycles. The van der Waals surface area contributed by atoms with E-state index in [9.17, 15) is 4.79 Å². The van der Waals surface area contributed by atoms with Gasteiger partial charge in [0.1, 0.15) is 6.17 Å².